The molecule has 0 aromatic rings. The summed E-state index contributed by atoms with van der Waals surface area (Å²) in [6.45, 7) is 3.78. The van der Waals surface area contributed by atoms with Gasteiger partial charge in [-0.1, -0.05) is 13.8 Å². The molecular weight excluding hydrogens is 104 g/mol. The lowest BCUT2D eigenvalue weighted by atomic mass is 10.1. The molecule has 0 saturated heterocycles. The average Bonchev–Trinajstić information content (AvgIpc) is 1.84. The van der Waals surface area contributed by atoms with Crippen LogP contribution in [0, 0.1) is 5.92 Å². The van der Waals surface area contributed by atoms with Crippen molar-refractivity contribution in [2.24, 2.45) is 11.8 Å². The fourth-order valence-corrected chi connectivity index (χ4v) is 0.328. The molecule has 0 unspecified atom stereocenters. The predicted molar refractivity (Wildman–Crippen MR) is 31.8 cm³/mol. The molecule has 48 valence electrons. The molecule has 0 aliphatic carbocycles. The summed E-state index contributed by atoms with van der Waals surface area (Å²) in [5, 5.41) is 0. The van der Waals surface area contributed by atoms with E-state index in [4.69, 9.17) is 5.84 Å². The van der Waals surface area contributed by atoms with Crippen LogP contribution in [0.25, 0.3) is 0 Å². The number of amides is 1. The third kappa shape index (κ3) is 1.93. The van der Waals surface area contributed by atoms with Crippen LogP contribution >= 0.6 is 0 Å². The summed E-state index contributed by atoms with van der Waals surface area (Å²) in [5.41, 5.74) is 2.08. The van der Waals surface area contributed by atoms with Crippen molar-refractivity contribution in [1.82, 2.24) is 5.43 Å². The van der Waals surface area contributed by atoms with Gasteiger partial charge in [0.25, 0.3) is 0 Å². The van der Waals surface area contributed by atoms with Crippen LogP contribution < -0.4 is 11.3 Å². The van der Waals surface area contributed by atoms with Crippen LogP contribution in [0.15, 0.2) is 0 Å². The van der Waals surface area contributed by atoms with Crippen LogP contribution in [0.3, 0.4) is 0 Å². The summed E-state index contributed by atoms with van der Waals surface area (Å²) in [6, 6.07) is 0. The van der Waals surface area contributed by atoms with Gasteiger partial charge in [-0.25, -0.2) is 5.84 Å². The predicted octanol–water partition coefficient (Wildman–Crippen LogP) is 0.0224. The van der Waals surface area contributed by atoms with Crippen LogP contribution in [-0.2, 0) is 4.79 Å². The van der Waals surface area contributed by atoms with Crippen molar-refractivity contribution < 1.29 is 4.79 Å². The number of hydrazine groups is 1. The molecule has 8 heavy (non-hydrogen) atoms. The fraction of sp³-hybridized carbons (Fsp3) is 0.800. The maximum Gasteiger partial charge on any atom is 0.236 e. The fourth-order valence-electron chi connectivity index (χ4n) is 0.328. The third-order valence-electron chi connectivity index (χ3n) is 1.20. The number of hydrogen-bond acceptors (Lipinski definition) is 2. The smallest absolute Gasteiger partial charge is 0.236 e. The number of rotatable bonds is 2. The number of hydrogen-bond donors (Lipinski definition) is 2. The van der Waals surface area contributed by atoms with Crippen molar-refractivity contribution in [3.63, 3.8) is 0 Å². The Labute approximate surface area is 49.2 Å². The second-order valence-electron chi connectivity index (χ2n) is 1.82. The number of nitrogens with one attached hydrogen (secondary N) is 1. The van der Waals surface area contributed by atoms with E-state index in [1.165, 1.54) is 0 Å². The van der Waals surface area contributed by atoms with E-state index in [0.29, 0.717) is 0 Å². The van der Waals surface area contributed by atoms with Gasteiger partial charge in [0.05, 0.1) is 0 Å². The molecule has 0 saturated carbocycles. The first-order valence-electron chi connectivity index (χ1n) is 2.72. The minimum atomic E-state index is -0.0903. The van der Waals surface area contributed by atoms with Gasteiger partial charge in [0, 0.05) is 5.92 Å². The average molecular weight is 116 g/mol. The van der Waals surface area contributed by atoms with E-state index in [1.54, 1.807) is 0 Å². The number of carbonyl (C=O) groups is 1. The highest BCUT2D eigenvalue weighted by molar-refractivity contribution is 5.77. The zero-order valence-electron chi connectivity index (χ0n) is 5.27. The largest absolute Gasteiger partial charge is 0.294 e. The highest BCUT2D eigenvalue weighted by Gasteiger charge is 2.06. The van der Waals surface area contributed by atoms with Gasteiger partial charge in [0.1, 0.15) is 0 Å². The van der Waals surface area contributed by atoms with Crippen LogP contribution in [0.1, 0.15) is 20.3 Å². The minimum Gasteiger partial charge on any atom is -0.294 e. The second-order valence-corrected chi connectivity index (χ2v) is 1.82. The molecule has 0 bridgehead atoms. The molecule has 1 atom stereocenters. The molecule has 0 aromatic heterocycles. The summed E-state index contributed by atoms with van der Waals surface area (Å²) in [7, 11) is 0. The lowest BCUT2D eigenvalue weighted by molar-refractivity contribution is -0.124. The maximum atomic E-state index is 10.5. The van der Waals surface area contributed by atoms with E-state index in [1.807, 2.05) is 13.8 Å². The van der Waals surface area contributed by atoms with Gasteiger partial charge < -0.3 is 0 Å². The molecule has 0 fully saturated rings. The first-order valence-corrected chi connectivity index (χ1v) is 2.72. The molecule has 1 amide bonds. The van der Waals surface area contributed by atoms with E-state index in [0.717, 1.165) is 6.42 Å². The zero-order chi connectivity index (χ0) is 6.57. The van der Waals surface area contributed by atoms with Crippen molar-refractivity contribution in [3.05, 3.63) is 0 Å². The second kappa shape index (κ2) is 3.43. The van der Waals surface area contributed by atoms with Crippen molar-refractivity contribution >= 4 is 5.91 Å². The van der Waals surface area contributed by atoms with E-state index < -0.39 is 0 Å². The Kier molecular flexibility index (Phi) is 3.19. The monoisotopic (exact) mass is 116 g/mol. The van der Waals surface area contributed by atoms with Gasteiger partial charge >= 0.3 is 0 Å². The molecule has 3 N–H and O–H groups in total. The Morgan fingerprint density at radius 1 is 1.88 bits per heavy atom. The maximum absolute atomic E-state index is 10.5. The van der Waals surface area contributed by atoms with Crippen LogP contribution in [-0.4, -0.2) is 5.91 Å². The Bertz CT molecular complexity index is 82.5. The van der Waals surface area contributed by atoms with Gasteiger partial charge in [-0.15, -0.1) is 0 Å². The van der Waals surface area contributed by atoms with E-state index in [2.05, 4.69) is 5.43 Å². The first kappa shape index (κ1) is 7.43. The molecule has 0 radical (unpaired) electrons. The first-order chi connectivity index (χ1) is 3.72. The summed E-state index contributed by atoms with van der Waals surface area (Å²) in [4.78, 5) is 10.5. The van der Waals surface area contributed by atoms with Crippen molar-refractivity contribution in [1.29, 1.82) is 0 Å². The molecule has 0 aromatic carbocycles. The van der Waals surface area contributed by atoms with Crippen molar-refractivity contribution in [3.8, 4) is 0 Å². The third-order valence-corrected chi connectivity index (χ3v) is 1.20. The van der Waals surface area contributed by atoms with Crippen molar-refractivity contribution in [2.75, 3.05) is 0 Å². The lowest BCUT2D eigenvalue weighted by Crippen LogP contribution is -2.34. The molecule has 3 nitrogen and oxygen atoms in total. The summed E-state index contributed by atoms with van der Waals surface area (Å²) in [5.74, 6) is 4.80. The van der Waals surface area contributed by atoms with Gasteiger partial charge in [-0.2, -0.15) is 0 Å². The van der Waals surface area contributed by atoms with Crippen molar-refractivity contribution in [2.45, 2.75) is 20.3 Å². The minimum absolute atomic E-state index is 0.0417. The molecule has 0 rings (SSSR count). The molecule has 0 aliphatic rings. The van der Waals surface area contributed by atoms with Crippen LogP contribution in [0.4, 0.5) is 0 Å². The Hall–Kier alpha value is -0.570. The molecule has 3 heteroatoms. The Morgan fingerprint density at radius 3 is 2.50 bits per heavy atom. The van der Waals surface area contributed by atoms with Gasteiger partial charge in [-0.3, -0.25) is 10.2 Å². The Morgan fingerprint density at radius 2 is 2.38 bits per heavy atom. The molecule has 0 heterocycles. The van der Waals surface area contributed by atoms with Gasteiger partial charge in [0.2, 0.25) is 5.91 Å². The summed E-state index contributed by atoms with van der Waals surface area (Å²) in [6.07, 6.45) is 0.836. The standard InChI is InChI=1S/C5H12N2O/c1-3-4(2)5(8)7-6/h4H,3,6H2,1-2H3,(H,7,8)/t4-/m0/s1. The molecule has 0 aliphatic heterocycles. The van der Waals surface area contributed by atoms with E-state index in [-0.39, 0.29) is 11.8 Å². The molecule has 0 spiro atoms. The topological polar surface area (TPSA) is 55.1 Å². The van der Waals surface area contributed by atoms with Gasteiger partial charge in [-0.05, 0) is 6.42 Å². The van der Waals surface area contributed by atoms with E-state index >= 15 is 0 Å². The quantitative estimate of drug-likeness (QED) is 0.303. The zero-order valence-corrected chi connectivity index (χ0v) is 5.27. The Balaban J connectivity index is 3.46. The van der Waals surface area contributed by atoms with Crippen LogP contribution in [0.5, 0.6) is 0 Å². The summed E-state index contributed by atoms with van der Waals surface area (Å²) >= 11 is 0. The van der Waals surface area contributed by atoms with Gasteiger partial charge in [0.15, 0.2) is 0 Å². The summed E-state index contributed by atoms with van der Waals surface area (Å²) < 4.78 is 0. The van der Waals surface area contributed by atoms with E-state index in [9.17, 15) is 4.79 Å². The number of carbonyl (C=O) groups excluding carboxylic acids is 1. The highest BCUT2D eigenvalue weighted by Crippen LogP contribution is 1.97. The normalized spacial score (nSPS) is 12.9. The van der Waals surface area contributed by atoms with Crippen LogP contribution in [0.2, 0.25) is 0 Å². The lowest BCUT2D eigenvalue weighted by Gasteiger charge is -2.03. The number of nitrogens with two attached hydrogens (primary N) is 1. The highest BCUT2D eigenvalue weighted by atomic mass is 16.2. The molecular formula is C5H12N2O. The SMILES string of the molecule is CC[C@H](C)C(=O)NN.